The van der Waals surface area contributed by atoms with Crippen LogP contribution in [0.4, 0.5) is 5.69 Å². The number of carbonyl (C=O) groups is 1. The predicted molar refractivity (Wildman–Crippen MR) is 92.7 cm³/mol. The van der Waals surface area contributed by atoms with E-state index in [0.29, 0.717) is 12.2 Å². The molecule has 23 heavy (non-hydrogen) atoms. The van der Waals surface area contributed by atoms with Crippen LogP contribution in [-0.2, 0) is 6.54 Å². The van der Waals surface area contributed by atoms with E-state index in [1.165, 1.54) is 24.8 Å². The van der Waals surface area contributed by atoms with Gasteiger partial charge in [0.25, 0.3) is 5.91 Å². The molecule has 120 valence electrons. The normalized spacial score (nSPS) is 14.6. The number of benzene rings is 1. The largest absolute Gasteiger partial charge is 0.371 e. The highest BCUT2D eigenvalue weighted by atomic mass is 16.1. The topological polar surface area (TPSA) is 45.2 Å². The molecule has 2 heterocycles. The molecule has 0 spiro atoms. The van der Waals surface area contributed by atoms with E-state index in [4.69, 9.17) is 0 Å². The first kappa shape index (κ1) is 15.5. The molecule has 4 nitrogen and oxygen atoms in total. The minimum atomic E-state index is -0.121. The van der Waals surface area contributed by atoms with Crippen molar-refractivity contribution in [2.75, 3.05) is 18.0 Å². The summed E-state index contributed by atoms with van der Waals surface area (Å²) in [5.74, 6) is -0.121. The van der Waals surface area contributed by atoms with E-state index in [1.54, 1.807) is 6.20 Å². The summed E-state index contributed by atoms with van der Waals surface area (Å²) >= 11 is 0. The summed E-state index contributed by atoms with van der Waals surface area (Å²) in [4.78, 5) is 18.9. The molecule has 0 unspecified atom stereocenters. The number of pyridine rings is 1. The fourth-order valence-electron chi connectivity index (χ4n) is 2.87. The van der Waals surface area contributed by atoms with Gasteiger partial charge in [0.1, 0.15) is 5.69 Å². The van der Waals surface area contributed by atoms with E-state index in [9.17, 15) is 4.79 Å². The van der Waals surface area contributed by atoms with Crippen LogP contribution in [0.25, 0.3) is 0 Å². The molecule has 1 aromatic carbocycles. The first-order valence-electron chi connectivity index (χ1n) is 8.27. The van der Waals surface area contributed by atoms with Crippen LogP contribution in [0.5, 0.6) is 0 Å². The van der Waals surface area contributed by atoms with Gasteiger partial charge in [-0.05, 0) is 43.9 Å². The second kappa shape index (κ2) is 7.27. The average molecular weight is 309 g/mol. The van der Waals surface area contributed by atoms with Gasteiger partial charge in [0, 0.05) is 31.5 Å². The lowest BCUT2D eigenvalue weighted by atomic mass is 10.1. The Morgan fingerprint density at radius 3 is 2.61 bits per heavy atom. The number of nitrogens with one attached hydrogen (secondary N) is 1. The van der Waals surface area contributed by atoms with Crippen LogP contribution in [0.3, 0.4) is 0 Å². The zero-order chi connectivity index (χ0) is 16.1. The summed E-state index contributed by atoms with van der Waals surface area (Å²) in [6, 6.07) is 12.1. The Hall–Kier alpha value is -2.36. The van der Waals surface area contributed by atoms with Crippen LogP contribution >= 0.6 is 0 Å². The van der Waals surface area contributed by atoms with Gasteiger partial charge in [-0.15, -0.1) is 0 Å². The Morgan fingerprint density at radius 1 is 1.13 bits per heavy atom. The van der Waals surface area contributed by atoms with Gasteiger partial charge in [0.15, 0.2) is 0 Å². The Labute approximate surface area is 137 Å². The summed E-state index contributed by atoms with van der Waals surface area (Å²) in [5.41, 5.74) is 3.90. The molecule has 1 fully saturated rings. The van der Waals surface area contributed by atoms with Crippen molar-refractivity contribution >= 4 is 11.6 Å². The summed E-state index contributed by atoms with van der Waals surface area (Å²) in [7, 11) is 0. The quantitative estimate of drug-likeness (QED) is 0.942. The third kappa shape index (κ3) is 4.09. The molecular weight excluding hydrogens is 286 g/mol. The van der Waals surface area contributed by atoms with Gasteiger partial charge in [-0.1, -0.05) is 29.8 Å². The number of amides is 1. The monoisotopic (exact) mass is 309 g/mol. The van der Waals surface area contributed by atoms with E-state index >= 15 is 0 Å². The number of anilines is 1. The smallest absolute Gasteiger partial charge is 0.270 e. The Bertz CT molecular complexity index is 661. The molecule has 1 saturated heterocycles. The molecule has 0 radical (unpaired) electrons. The van der Waals surface area contributed by atoms with E-state index in [0.717, 1.165) is 24.3 Å². The van der Waals surface area contributed by atoms with Crippen LogP contribution in [0.1, 0.15) is 40.9 Å². The zero-order valence-corrected chi connectivity index (χ0v) is 13.6. The van der Waals surface area contributed by atoms with Crippen LogP contribution < -0.4 is 10.2 Å². The molecule has 1 aliphatic rings. The molecule has 0 aliphatic carbocycles. The fourth-order valence-corrected chi connectivity index (χ4v) is 2.87. The molecule has 0 atom stereocenters. The number of hydrogen-bond acceptors (Lipinski definition) is 3. The van der Waals surface area contributed by atoms with E-state index in [-0.39, 0.29) is 5.91 Å². The third-order valence-electron chi connectivity index (χ3n) is 4.27. The second-order valence-corrected chi connectivity index (χ2v) is 6.12. The van der Waals surface area contributed by atoms with Crippen LogP contribution in [0.2, 0.25) is 0 Å². The van der Waals surface area contributed by atoms with Crippen LogP contribution in [-0.4, -0.2) is 24.0 Å². The lowest BCUT2D eigenvalue weighted by Crippen LogP contribution is -2.30. The van der Waals surface area contributed by atoms with Gasteiger partial charge < -0.3 is 10.2 Å². The van der Waals surface area contributed by atoms with Gasteiger partial charge in [-0.3, -0.25) is 9.78 Å². The number of aromatic nitrogens is 1. The first-order valence-corrected chi connectivity index (χ1v) is 8.27. The van der Waals surface area contributed by atoms with Crippen LogP contribution in [0.15, 0.2) is 42.6 Å². The van der Waals surface area contributed by atoms with Crippen molar-refractivity contribution in [1.29, 1.82) is 0 Å². The molecule has 1 aliphatic heterocycles. The maximum atomic E-state index is 12.3. The van der Waals surface area contributed by atoms with Gasteiger partial charge in [0.2, 0.25) is 0 Å². The number of aryl methyl sites for hydroxylation is 1. The van der Waals surface area contributed by atoms with Gasteiger partial charge in [-0.2, -0.15) is 0 Å². The van der Waals surface area contributed by atoms with Crippen LogP contribution in [0, 0.1) is 6.92 Å². The Kier molecular flexibility index (Phi) is 4.91. The highest BCUT2D eigenvalue weighted by Crippen LogP contribution is 2.19. The average Bonchev–Trinajstić information content (AvgIpc) is 2.62. The van der Waals surface area contributed by atoms with Crippen molar-refractivity contribution < 1.29 is 4.79 Å². The molecule has 4 heteroatoms. The van der Waals surface area contributed by atoms with E-state index in [2.05, 4.69) is 34.3 Å². The van der Waals surface area contributed by atoms with Crippen molar-refractivity contribution in [2.24, 2.45) is 0 Å². The number of rotatable bonds is 4. The molecule has 0 bridgehead atoms. The van der Waals surface area contributed by atoms with Crippen molar-refractivity contribution in [3.05, 3.63) is 59.4 Å². The van der Waals surface area contributed by atoms with Crippen molar-refractivity contribution in [2.45, 2.75) is 32.7 Å². The zero-order valence-electron chi connectivity index (χ0n) is 13.6. The lowest BCUT2D eigenvalue weighted by molar-refractivity contribution is 0.0946. The number of carbonyl (C=O) groups excluding carboxylic acids is 1. The third-order valence-corrected chi connectivity index (χ3v) is 4.27. The number of nitrogens with zero attached hydrogens (tertiary/aromatic N) is 2. The summed E-state index contributed by atoms with van der Waals surface area (Å²) in [6.07, 6.45) is 5.46. The highest BCUT2D eigenvalue weighted by Gasteiger charge is 2.14. The highest BCUT2D eigenvalue weighted by molar-refractivity contribution is 5.93. The minimum Gasteiger partial charge on any atom is -0.371 e. The SMILES string of the molecule is Cc1ccc(CNC(=O)c2cc(N3CCCCC3)ccn2)cc1. The van der Waals surface area contributed by atoms with Crippen molar-refractivity contribution in [3.8, 4) is 0 Å². The molecule has 2 aromatic rings. The molecule has 1 amide bonds. The first-order chi connectivity index (χ1) is 11.2. The van der Waals surface area contributed by atoms with E-state index in [1.807, 2.05) is 24.3 Å². The predicted octanol–water partition coefficient (Wildman–Crippen LogP) is 3.31. The second-order valence-electron chi connectivity index (χ2n) is 6.12. The van der Waals surface area contributed by atoms with Gasteiger partial charge >= 0.3 is 0 Å². The lowest BCUT2D eigenvalue weighted by Gasteiger charge is -2.28. The molecule has 1 aromatic heterocycles. The van der Waals surface area contributed by atoms with E-state index < -0.39 is 0 Å². The summed E-state index contributed by atoms with van der Waals surface area (Å²) in [6.45, 7) is 4.70. The molecular formula is C19H23N3O. The number of piperidine rings is 1. The van der Waals surface area contributed by atoms with Gasteiger partial charge in [0.05, 0.1) is 0 Å². The summed E-state index contributed by atoms with van der Waals surface area (Å²) < 4.78 is 0. The maximum absolute atomic E-state index is 12.3. The molecule has 0 saturated carbocycles. The number of hydrogen-bond donors (Lipinski definition) is 1. The van der Waals surface area contributed by atoms with Crippen molar-refractivity contribution in [3.63, 3.8) is 0 Å². The Balaban J connectivity index is 1.63. The minimum absolute atomic E-state index is 0.121. The molecule has 1 N–H and O–H groups in total. The maximum Gasteiger partial charge on any atom is 0.270 e. The fraction of sp³-hybridized carbons (Fsp3) is 0.368. The Morgan fingerprint density at radius 2 is 1.87 bits per heavy atom. The summed E-state index contributed by atoms with van der Waals surface area (Å²) in [5, 5.41) is 2.94. The van der Waals surface area contributed by atoms with Gasteiger partial charge in [-0.25, -0.2) is 0 Å². The van der Waals surface area contributed by atoms with Crippen molar-refractivity contribution in [1.82, 2.24) is 10.3 Å². The standard InChI is InChI=1S/C19H23N3O/c1-15-5-7-16(8-6-15)14-21-19(23)18-13-17(9-10-20-18)22-11-3-2-4-12-22/h5-10,13H,2-4,11-12,14H2,1H3,(H,21,23). The molecule has 3 rings (SSSR count).